The van der Waals surface area contributed by atoms with Crippen LogP contribution in [0, 0.1) is 12.3 Å². The maximum absolute atomic E-state index is 12.9. The van der Waals surface area contributed by atoms with Crippen LogP contribution in [0.1, 0.15) is 32.8 Å². The molecule has 1 N–H and O–H groups in total. The van der Waals surface area contributed by atoms with Crippen molar-refractivity contribution >= 4 is 23.2 Å². The first-order valence-electron chi connectivity index (χ1n) is 9.89. The van der Waals surface area contributed by atoms with Gasteiger partial charge in [0.05, 0.1) is 11.1 Å². The van der Waals surface area contributed by atoms with Crippen molar-refractivity contribution in [3.05, 3.63) is 48.0 Å². The number of carbonyl (C=O) groups excluding carboxylic acids is 2. The standard InChI is InChI=1S/C23H28N2O4/c1-5-12-25-18-11-10-17(13-20(18)29-15-23(3,4)22(25)27)24-21(26)14-28-19-9-7-6-8-16(19)2/h6-11,13H,5,12,14-15H2,1-4H3,(H,24,26). The number of hydrogen-bond acceptors (Lipinski definition) is 4. The van der Waals surface area contributed by atoms with Crippen molar-refractivity contribution in [3.8, 4) is 11.5 Å². The first kappa shape index (κ1) is 20.7. The second-order valence-electron chi connectivity index (χ2n) is 7.91. The van der Waals surface area contributed by atoms with Crippen LogP contribution in [0.2, 0.25) is 0 Å². The predicted octanol–water partition coefficient (Wildman–Crippen LogP) is 4.17. The number of nitrogens with zero attached hydrogens (tertiary/aromatic N) is 1. The Morgan fingerprint density at radius 3 is 2.72 bits per heavy atom. The third kappa shape index (κ3) is 4.70. The minimum atomic E-state index is -0.612. The Kier molecular flexibility index (Phi) is 6.11. The highest BCUT2D eigenvalue weighted by molar-refractivity contribution is 6.00. The predicted molar refractivity (Wildman–Crippen MR) is 114 cm³/mol. The smallest absolute Gasteiger partial charge is 0.262 e. The SMILES string of the molecule is CCCN1C(=O)C(C)(C)COc2cc(NC(=O)COc3ccccc3C)ccc21. The van der Waals surface area contributed by atoms with Gasteiger partial charge >= 0.3 is 0 Å². The molecule has 1 heterocycles. The molecule has 0 spiro atoms. The molecule has 0 bridgehead atoms. The molecule has 0 unspecified atom stereocenters. The fraction of sp³-hybridized carbons (Fsp3) is 0.391. The van der Waals surface area contributed by atoms with E-state index in [2.05, 4.69) is 5.32 Å². The summed E-state index contributed by atoms with van der Waals surface area (Å²) in [7, 11) is 0. The molecule has 29 heavy (non-hydrogen) atoms. The van der Waals surface area contributed by atoms with E-state index in [1.165, 1.54) is 0 Å². The zero-order valence-electron chi connectivity index (χ0n) is 17.5. The van der Waals surface area contributed by atoms with Crippen LogP contribution in [0.5, 0.6) is 11.5 Å². The Hall–Kier alpha value is -3.02. The first-order chi connectivity index (χ1) is 13.8. The van der Waals surface area contributed by atoms with E-state index in [1.54, 1.807) is 17.0 Å². The number of nitrogens with one attached hydrogen (secondary N) is 1. The number of hydrogen-bond donors (Lipinski definition) is 1. The van der Waals surface area contributed by atoms with Gasteiger partial charge in [-0.15, -0.1) is 0 Å². The zero-order valence-corrected chi connectivity index (χ0v) is 17.5. The number of aryl methyl sites for hydroxylation is 1. The van der Waals surface area contributed by atoms with Crippen molar-refractivity contribution in [3.63, 3.8) is 0 Å². The lowest BCUT2D eigenvalue weighted by atomic mass is 9.93. The Morgan fingerprint density at radius 2 is 2.00 bits per heavy atom. The second kappa shape index (κ2) is 8.55. The van der Waals surface area contributed by atoms with E-state index >= 15 is 0 Å². The summed E-state index contributed by atoms with van der Waals surface area (Å²) in [6.45, 7) is 8.55. The van der Waals surface area contributed by atoms with Gasteiger partial charge in [0.2, 0.25) is 5.91 Å². The first-order valence-corrected chi connectivity index (χ1v) is 9.89. The molecule has 0 fully saturated rings. The minimum Gasteiger partial charge on any atom is -0.490 e. The average molecular weight is 396 g/mol. The van der Waals surface area contributed by atoms with Crippen LogP contribution in [0.3, 0.4) is 0 Å². The van der Waals surface area contributed by atoms with Crippen LogP contribution < -0.4 is 19.7 Å². The van der Waals surface area contributed by atoms with E-state index in [-0.39, 0.29) is 25.0 Å². The highest BCUT2D eigenvalue weighted by Gasteiger charge is 2.37. The topological polar surface area (TPSA) is 67.9 Å². The number of carbonyl (C=O) groups is 2. The quantitative estimate of drug-likeness (QED) is 0.796. The minimum absolute atomic E-state index is 0.0431. The molecule has 154 valence electrons. The summed E-state index contributed by atoms with van der Waals surface area (Å²) in [5.41, 5.74) is 1.70. The van der Waals surface area contributed by atoms with Crippen LogP contribution in [0.15, 0.2) is 42.5 Å². The summed E-state index contributed by atoms with van der Waals surface area (Å²) in [5, 5.41) is 2.83. The third-order valence-electron chi connectivity index (χ3n) is 4.85. The van der Waals surface area contributed by atoms with Gasteiger partial charge in [-0.25, -0.2) is 0 Å². The van der Waals surface area contributed by atoms with Crippen LogP contribution in [0.25, 0.3) is 0 Å². The van der Waals surface area contributed by atoms with Crippen LogP contribution in [-0.2, 0) is 9.59 Å². The molecular formula is C23H28N2O4. The fourth-order valence-electron chi connectivity index (χ4n) is 3.23. The number of rotatable bonds is 6. The van der Waals surface area contributed by atoms with E-state index in [9.17, 15) is 9.59 Å². The molecule has 0 aromatic heterocycles. The summed E-state index contributed by atoms with van der Waals surface area (Å²) in [6.07, 6.45) is 0.843. The molecule has 1 aliphatic heterocycles. The van der Waals surface area contributed by atoms with Gasteiger partial charge in [0.25, 0.3) is 5.91 Å². The molecule has 3 rings (SSSR count). The lowest BCUT2D eigenvalue weighted by molar-refractivity contribution is -0.127. The Morgan fingerprint density at radius 1 is 1.24 bits per heavy atom. The Labute approximate surface area is 171 Å². The highest BCUT2D eigenvalue weighted by Crippen LogP contribution is 2.38. The Bertz CT molecular complexity index is 908. The lowest BCUT2D eigenvalue weighted by Crippen LogP contribution is -2.42. The maximum atomic E-state index is 12.9. The number of ether oxygens (including phenoxy) is 2. The molecule has 6 heteroatoms. The van der Waals surface area contributed by atoms with Crippen molar-refractivity contribution in [2.45, 2.75) is 34.1 Å². The average Bonchev–Trinajstić information content (AvgIpc) is 2.78. The van der Waals surface area contributed by atoms with E-state index in [0.29, 0.717) is 23.7 Å². The molecular weight excluding hydrogens is 368 g/mol. The van der Waals surface area contributed by atoms with Crippen LogP contribution in [0.4, 0.5) is 11.4 Å². The van der Waals surface area contributed by atoms with Gasteiger partial charge in [-0.3, -0.25) is 9.59 Å². The van der Waals surface area contributed by atoms with Crippen LogP contribution in [-0.4, -0.2) is 31.6 Å². The van der Waals surface area contributed by atoms with Gasteiger partial charge in [-0.2, -0.15) is 0 Å². The molecule has 0 atom stereocenters. The third-order valence-corrected chi connectivity index (χ3v) is 4.85. The molecule has 0 saturated heterocycles. The molecule has 2 aromatic carbocycles. The highest BCUT2D eigenvalue weighted by atomic mass is 16.5. The summed E-state index contributed by atoms with van der Waals surface area (Å²) < 4.78 is 11.5. The van der Waals surface area contributed by atoms with Gasteiger partial charge in [0, 0.05) is 18.3 Å². The fourth-order valence-corrected chi connectivity index (χ4v) is 3.23. The van der Waals surface area contributed by atoms with E-state index in [1.807, 2.05) is 58.0 Å². The van der Waals surface area contributed by atoms with Crippen molar-refractivity contribution in [1.29, 1.82) is 0 Å². The maximum Gasteiger partial charge on any atom is 0.262 e. The molecule has 6 nitrogen and oxygen atoms in total. The van der Waals surface area contributed by atoms with Gasteiger partial charge < -0.3 is 19.7 Å². The number of para-hydroxylation sites is 1. The molecule has 0 saturated carbocycles. The summed E-state index contributed by atoms with van der Waals surface area (Å²) >= 11 is 0. The molecule has 1 aliphatic rings. The second-order valence-corrected chi connectivity index (χ2v) is 7.91. The van der Waals surface area contributed by atoms with Crippen molar-refractivity contribution in [2.24, 2.45) is 5.41 Å². The van der Waals surface area contributed by atoms with Gasteiger partial charge in [-0.05, 0) is 51.0 Å². The number of benzene rings is 2. The number of amides is 2. The van der Waals surface area contributed by atoms with E-state index < -0.39 is 5.41 Å². The van der Waals surface area contributed by atoms with Gasteiger partial charge in [0.15, 0.2) is 6.61 Å². The van der Waals surface area contributed by atoms with Gasteiger partial charge in [0.1, 0.15) is 18.1 Å². The van der Waals surface area contributed by atoms with Crippen LogP contribution >= 0.6 is 0 Å². The summed E-state index contributed by atoms with van der Waals surface area (Å²) in [6, 6.07) is 12.9. The van der Waals surface area contributed by atoms with E-state index in [4.69, 9.17) is 9.47 Å². The lowest BCUT2D eigenvalue weighted by Gasteiger charge is -2.27. The molecule has 0 aliphatic carbocycles. The molecule has 2 amide bonds. The summed E-state index contributed by atoms with van der Waals surface area (Å²) in [4.78, 5) is 27.0. The Balaban J connectivity index is 1.73. The largest absolute Gasteiger partial charge is 0.490 e. The number of fused-ring (bicyclic) bond motifs is 1. The van der Waals surface area contributed by atoms with Crippen molar-refractivity contribution in [2.75, 3.05) is 30.0 Å². The zero-order chi connectivity index (χ0) is 21.0. The molecule has 2 aromatic rings. The van der Waals surface area contributed by atoms with Crippen molar-refractivity contribution < 1.29 is 19.1 Å². The monoisotopic (exact) mass is 396 g/mol. The van der Waals surface area contributed by atoms with Gasteiger partial charge in [-0.1, -0.05) is 25.1 Å². The number of anilines is 2. The van der Waals surface area contributed by atoms with E-state index in [0.717, 1.165) is 17.7 Å². The molecule has 0 radical (unpaired) electrons. The summed E-state index contributed by atoms with van der Waals surface area (Å²) in [5.74, 6) is 1.06. The van der Waals surface area contributed by atoms with Crippen molar-refractivity contribution in [1.82, 2.24) is 0 Å². The normalized spacial score (nSPS) is 15.2.